The van der Waals surface area contributed by atoms with Gasteiger partial charge in [-0.15, -0.1) is 0 Å². The van der Waals surface area contributed by atoms with E-state index < -0.39 is 0 Å². The molecule has 0 aliphatic carbocycles. The Labute approximate surface area is 151 Å². The Morgan fingerprint density at radius 3 is 2.32 bits per heavy atom. The molecule has 0 bridgehead atoms. The van der Waals surface area contributed by atoms with Crippen LogP contribution in [0.15, 0.2) is 48.5 Å². The molecule has 0 saturated heterocycles. The average Bonchev–Trinajstić information content (AvgIpc) is 2.62. The Hall–Kier alpha value is -2.29. The zero-order valence-electron chi connectivity index (χ0n) is 15.5. The van der Waals surface area contributed by atoms with Crippen molar-refractivity contribution in [3.8, 4) is 5.75 Å². The summed E-state index contributed by atoms with van der Waals surface area (Å²) >= 11 is 0. The smallest absolute Gasteiger partial charge is 0.224 e. The van der Waals surface area contributed by atoms with Crippen molar-refractivity contribution in [2.45, 2.75) is 52.4 Å². The zero-order chi connectivity index (χ0) is 18.1. The van der Waals surface area contributed by atoms with E-state index in [1.165, 1.54) is 11.1 Å². The van der Waals surface area contributed by atoms with Crippen LogP contribution in [0.2, 0.25) is 0 Å². The highest BCUT2D eigenvalue weighted by Gasteiger charge is 2.05. The van der Waals surface area contributed by atoms with Gasteiger partial charge in [0.15, 0.2) is 0 Å². The van der Waals surface area contributed by atoms with Gasteiger partial charge >= 0.3 is 0 Å². The van der Waals surface area contributed by atoms with Crippen molar-refractivity contribution in [1.82, 2.24) is 0 Å². The maximum atomic E-state index is 12.1. The molecule has 0 atom stereocenters. The summed E-state index contributed by atoms with van der Waals surface area (Å²) in [5.74, 6) is 1.41. The van der Waals surface area contributed by atoms with E-state index >= 15 is 0 Å². The van der Waals surface area contributed by atoms with Crippen molar-refractivity contribution >= 4 is 11.6 Å². The molecule has 0 saturated carbocycles. The molecule has 0 aliphatic rings. The van der Waals surface area contributed by atoms with Crippen molar-refractivity contribution in [1.29, 1.82) is 0 Å². The first kappa shape index (κ1) is 19.0. The fraction of sp³-hybridized carbons (Fsp3) is 0.409. The fourth-order valence-corrected chi connectivity index (χ4v) is 2.52. The standard InChI is InChI=1S/C22H29NO2/c1-4-5-16-25-21-13-11-20(12-14-21)23-22(24)15-8-18-6-9-19(10-7-18)17(2)3/h6-7,9-14,17H,4-5,8,15-16H2,1-3H3,(H,23,24). The molecule has 25 heavy (non-hydrogen) atoms. The van der Waals surface area contributed by atoms with E-state index in [4.69, 9.17) is 4.74 Å². The van der Waals surface area contributed by atoms with E-state index in [0.29, 0.717) is 12.3 Å². The number of unbranched alkanes of at least 4 members (excludes halogenated alkanes) is 1. The molecule has 0 fully saturated rings. The number of nitrogens with one attached hydrogen (secondary N) is 1. The van der Waals surface area contributed by atoms with Crippen LogP contribution >= 0.6 is 0 Å². The van der Waals surface area contributed by atoms with Gasteiger partial charge < -0.3 is 10.1 Å². The molecule has 1 N–H and O–H groups in total. The van der Waals surface area contributed by atoms with Crippen molar-refractivity contribution < 1.29 is 9.53 Å². The lowest BCUT2D eigenvalue weighted by molar-refractivity contribution is -0.116. The number of aryl methyl sites for hydroxylation is 1. The van der Waals surface area contributed by atoms with Gasteiger partial charge in [0.1, 0.15) is 5.75 Å². The number of anilines is 1. The predicted octanol–water partition coefficient (Wildman–Crippen LogP) is 5.56. The van der Waals surface area contributed by atoms with Gasteiger partial charge in [-0.1, -0.05) is 51.5 Å². The Bertz CT molecular complexity index is 645. The van der Waals surface area contributed by atoms with Crippen molar-refractivity contribution in [3.63, 3.8) is 0 Å². The van der Waals surface area contributed by atoms with Gasteiger partial charge in [0.05, 0.1) is 6.61 Å². The van der Waals surface area contributed by atoms with Crippen LogP contribution in [0.1, 0.15) is 57.1 Å². The number of amides is 1. The lowest BCUT2D eigenvalue weighted by atomic mass is 10.0. The van der Waals surface area contributed by atoms with Crippen molar-refractivity contribution in [2.24, 2.45) is 0 Å². The highest BCUT2D eigenvalue weighted by atomic mass is 16.5. The molecule has 1 amide bonds. The highest BCUT2D eigenvalue weighted by Crippen LogP contribution is 2.17. The van der Waals surface area contributed by atoms with E-state index in [1.54, 1.807) is 0 Å². The van der Waals surface area contributed by atoms with Gasteiger partial charge in [-0.3, -0.25) is 4.79 Å². The highest BCUT2D eigenvalue weighted by molar-refractivity contribution is 5.90. The number of benzene rings is 2. The number of rotatable bonds is 9. The molecule has 3 nitrogen and oxygen atoms in total. The first-order valence-corrected chi connectivity index (χ1v) is 9.20. The minimum atomic E-state index is 0.0348. The number of carbonyl (C=O) groups is 1. The second-order valence-electron chi connectivity index (χ2n) is 6.67. The van der Waals surface area contributed by atoms with Crippen LogP contribution in [0.5, 0.6) is 5.75 Å². The minimum absolute atomic E-state index is 0.0348. The Morgan fingerprint density at radius 2 is 1.72 bits per heavy atom. The van der Waals surface area contributed by atoms with Crippen LogP contribution < -0.4 is 10.1 Å². The topological polar surface area (TPSA) is 38.3 Å². The first-order valence-electron chi connectivity index (χ1n) is 9.20. The van der Waals surface area contributed by atoms with Gasteiger partial charge in [-0.05, 0) is 54.2 Å². The monoisotopic (exact) mass is 339 g/mol. The molecule has 0 heterocycles. The third-order valence-electron chi connectivity index (χ3n) is 4.19. The fourth-order valence-electron chi connectivity index (χ4n) is 2.52. The maximum absolute atomic E-state index is 12.1. The molecule has 2 aromatic carbocycles. The van der Waals surface area contributed by atoms with Crippen LogP contribution in [0.25, 0.3) is 0 Å². The summed E-state index contributed by atoms with van der Waals surface area (Å²) in [5.41, 5.74) is 3.33. The Morgan fingerprint density at radius 1 is 1.04 bits per heavy atom. The lowest BCUT2D eigenvalue weighted by Gasteiger charge is -2.09. The molecular formula is C22H29NO2. The first-order chi connectivity index (χ1) is 12.1. The van der Waals surface area contributed by atoms with E-state index in [9.17, 15) is 4.79 Å². The summed E-state index contributed by atoms with van der Waals surface area (Å²) in [5, 5.41) is 2.94. The van der Waals surface area contributed by atoms with Crippen LogP contribution in [0, 0.1) is 0 Å². The number of carbonyl (C=O) groups excluding carboxylic acids is 1. The van der Waals surface area contributed by atoms with Crippen molar-refractivity contribution in [3.05, 3.63) is 59.7 Å². The van der Waals surface area contributed by atoms with E-state index in [2.05, 4.69) is 50.4 Å². The lowest BCUT2D eigenvalue weighted by Crippen LogP contribution is -2.12. The average molecular weight is 339 g/mol. The summed E-state index contributed by atoms with van der Waals surface area (Å²) in [6, 6.07) is 16.1. The number of hydrogen-bond donors (Lipinski definition) is 1. The molecule has 0 radical (unpaired) electrons. The van der Waals surface area contributed by atoms with Crippen LogP contribution in [0.3, 0.4) is 0 Å². The summed E-state index contributed by atoms with van der Waals surface area (Å²) in [6.45, 7) is 7.24. The molecular weight excluding hydrogens is 310 g/mol. The van der Waals surface area contributed by atoms with Crippen molar-refractivity contribution in [2.75, 3.05) is 11.9 Å². The van der Waals surface area contributed by atoms with Gasteiger partial charge in [0.25, 0.3) is 0 Å². The SMILES string of the molecule is CCCCOc1ccc(NC(=O)CCc2ccc(C(C)C)cc2)cc1. The second-order valence-corrected chi connectivity index (χ2v) is 6.67. The number of hydrogen-bond acceptors (Lipinski definition) is 2. The number of ether oxygens (including phenoxy) is 1. The Balaban J connectivity index is 1.77. The molecule has 0 aliphatic heterocycles. The maximum Gasteiger partial charge on any atom is 0.224 e. The van der Waals surface area contributed by atoms with E-state index in [1.807, 2.05) is 24.3 Å². The molecule has 0 spiro atoms. The summed E-state index contributed by atoms with van der Waals surface area (Å²) < 4.78 is 5.63. The van der Waals surface area contributed by atoms with Gasteiger partial charge in [-0.25, -0.2) is 0 Å². The third kappa shape index (κ3) is 6.61. The Kier molecular flexibility index (Phi) is 7.52. The summed E-state index contributed by atoms with van der Waals surface area (Å²) in [7, 11) is 0. The van der Waals surface area contributed by atoms with Gasteiger partial charge in [0, 0.05) is 12.1 Å². The molecule has 2 aromatic rings. The minimum Gasteiger partial charge on any atom is -0.494 e. The predicted molar refractivity (Wildman–Crippen MR) is 104 cm³/mol. The normalized spacial score (nSPS) is 10.7. The molecule has 3 heteroatoms. The summed E-state index contributed by atoms with van der Waals surface area (Å²) in [4.78, 5) is 12.1. The molecule has 2 rings (SSSR count). The molecule has 0 aromatic heterocycles. The summed E-state index contributed by atoms with van der Waals surface area (Å²) in [6.07, 6.45) is 3.41. The van der Waals surface area contributed by atoms with Crippen LogP contribution in [-0.2, 0) is 11.2 Å². The largest absolute Gasteiger partial charge is 0.494 e. The quantitative estimate of drug-likeness (QED) is 0.607. The zero-order valence-corrected chi connectivity index (χ0v) is 15.5. The molecule has 0 unspecified atom stereocenters. The van der Waals surface area contributed by atoms with Crippen LogP contribution in [-0.4, -0.2) is 12.5 Å². The molecule has 134 valence electrons. The van der Waals surface area contributed by atoms with E-state index in [-0.39, 0.29) is 5.91 Å². The van der Waals surface area contributed by atoms with Gasteiger partial charge in [0.2, 0.25) is 5.91 Å². The van der Waals surface area contributed by atoms with Gasteiger partial charge in [-0.2, -0.15) is 0 Å². The second kappa shape index (κ2) is 9.87. The van der Waals surface area contributed by atoms with Crippen LogP contribution in [0.4, 0.5) is 5.69 Å². The third-order valence-corrected chi connectivity index (χ3v) is 4.19. The van der Waals surface area contributed by atoms with E-state index in [0.717, 1.165) is 37.3 Å².